The Hall–Kier alpha value is -0.870. The smallest absolute Gasteiger partial charge is 0.404 e. The van der Waals surface area contributed by atoms with E-state index in [9.17, 15) is 9.67 Å². The quantitative estimate of drug-likeness (QED) is 0.821. The first-order valence-electron chi connectivity index (χ1n) is 6.84. The van der Waals surface area contributed by atoms with Crippen molar-refractivity contribution in [3.05, 3.63) is 29.8 Å². The van der Waals surface area contributed by atoms with Crippen LogP contribution in [0.2, 0.25) is 0 Å². The van der Waals surface area contributed by atoms with Crippen LogP contribution < -0.4 is 4.52 Å². The zero-order valence-electron chi connectivity index (χ0n) is 13.5. The van der Waals surface area contributed by atoms with E-state index < -0.39 is 19.0 Å². The lowest BCUT2D eigenvalue weighted by molar-refractivity contribution is 0.0221. The third kappa shape index (κ3) is 6.62. The van der Waals surface area contributed by atoms with E-state index in [1.165, 1.54) is 0 Å². The van der Waals surface area contributed by atoms with E-state index in [0.29, 0.717) is 5.56 Å². The summed E-state index contributed by atoms with van der Waals surface area (Å²) in [5.41, 5.74) is -0.878. The van der Waals surface area contributed by atoms with Crippen molar-refractivity contribution in [2.45, 2.75) is 59.4 Å². The maximum Gasteiger partial charge on any atom is 0.531 e. The molecule has 0 radical (unpaired) electrons. The minimum absolute atomic E-state index is 0.221. The second-order valence-electron chi connectivity index (χ2n) is 6.71. The zero-order valence-corrected chi connectivity index (χ0v) is 14.4. The van der Waals surface area contributed by atoms with Crippen molar-refractivity contribution in [2.75, 3.05) is 0 Å². The number of hydrogen-bond donors (Lipinski definition) is 1. The summed E-state index contributed by atoms with van der Waals surface area (Å²) in [6.07, 6.45) is 0. The molecule has 5 nitrogen and oxygen atoms in total. The summed E-state index contributed by atoms with van der Waals surface area (Å²) in [6, 6.07) is 6.80. The maximum atomic E-state index is 12.9. The topological polar surface area (TPSA) is 65.0 Å². The Morgan fingerprint density at radius 1 is 1.00 bits per heavy atom. The van der Waals surface area contributed by atoms with Gasteiger partial charge in [-0.05, 0) is 47.6 Å². The first-order valence-corrected chi connectivity index (χ1v) is 8.30. The molecule has 0 atom stereocenters. The van der Waals surface area contributed by atoms with Gasteiger partial charge in [0.1, 0.15) is 5.75 Å². The summed E-state index contributed by atoms with van der Waals surface area (Å²) in [5.74, 6) is 0.289. The van der Waals surface area contributed by atoms with Gasteiger partial charge >= 0.3 is 7.82 Å². The molecule has 0 aliphatic heterocycles. The third-order valence-electron chi connectivity index (χ3n) is 2.12. The SMILES string of the molecule is CC(C)(C)OP(=O)(Oc1ccccc1CO)OC(C)(C)C. The molecule has 1 rings (SSSR count). The molecule has 0 aliphatic rings. The molecular weight excluding hydrogens is 291 g/mol. The average Bonchev–Trinajstić information content (AvgIpc) is 2.23. The van der Waals surface area contributed by atoms with Gasteiger partial charge in [0.15, 0.2) is 0 Å². The number of phosphoric acid groups is 1. The summed E-state index contributed by atoms with van der Waals surface area (Å²) >= 11 is 0. The highest BCUT2D eigenvalue weighted by Crippen LogP contribution is 2.55. The number of phosphoric ester groups is 1. The van der Waals surface area contributed by atoms with Gasteiger partial charge in [-0.2, -0.15) is 0 Å². The molecular formula is C15H25O5P. The number of benzene rings is 1. The van der Waals surface area contributed by atoms with Gasteiger partial charge < -0.3 is 9.63 Å². The van der Waals surface area contributed by atoms with Gasteiger partial charge in [0.25, 0.3) is 0 Å². The number of hydrogen-bond acceptors (Lipinski definition) is 5. The Bertz CT molecular complexity index is 494. The number of para-hydroxylation sites is 1. The molecule has 0 amide bonds. The van der Waals surface area contributed by atoms with Crippen LogP contribution in [0.1, 0.15) is 47.1 Å². The molecule has 0 aliphatic carbocycles. The van der Waals surface area contributed by atoms with Crippen molar-refractivity contribution in [1.82, 2.24) is 0 Å². The molecule has 0 spiro atoms. The highest BCUT2D eigenvalue weighted by Gasteiger charge is 2.39. The van der Waals surface area contributed by atoms with Crippen LogP contribution in [0.5, 0.6) is 5.75 Å². The van der Waals surface area contributed by atoms with Gasteiger partial charge in [-0.15, -0.1) is 0 Å². The number of aliphatic hydroxyl groups excluding tert-OH is 1. The Kier molecular flexibility index (Phi) is 5.62. The molecule has 120 valence electrons. The van der Waals surface area contributed by atoms with Gasteiger partial charge in [0, 0.05) is 5.56 Å². The lowest BCUT2D eigenvalue weighted by atomic mass is 10.2. The molecule has 0 heterocycles. The highest BCUT2D eigenvalue weighted by molar-refractivity contribution is 7.49. The van der Waals surface area contributed by atoms with Crippen molar-refractivity contribution in [1.29, 1.82) is 0 Å². The van der Waals surface area contributed by atoms with Crippen molar-refractivity contribution in [3.63, 3.8) is 0 Å². The zero-order chi connectivity index (χ0) is 16.3. The minimum Gasteiger partial charge on any atom is -0.404 e. The van der Waals surface area contributed by atoms with Crippen LogP contribution in [0.25, 0.3) is 0 Å². The third-order valence-corrected chi connectivity index (χ3v) is 4.09. The number of rotatable bonds is 5. The standard InChI is InChI=1S/C15H25O5P/c1-14(2,3)19-21(17,20-15(4,5)6)18-13-10-8-7-9-12(13)11-16/h7-10,16H,11H2,1-6H3. The molecule has 21 heavy (non-hydrogen) atoms. The van der Waals surface area contributed by atoms with Crippen molar-refractivity contribution >= 4 is 7.82 Å². The fraction of sp³-hybridized carbons (Fsp3) is 0.600. The largest absolute Gasteiger partial charge is 0.531 e. The molecule has 0 fully saturated rings. The van der Waals surface area contributed by atoms with Gasteiger partial charge in [-0.25, -0.2) is 4.57 Å². The molecule has 0 unspecified atom stereocenters. The first kappa shape index (κ1) is 18.2. The summed E-state index contributed by atoms with van der Waals surface area (Å²) in [7, 11) is -3.84. The van der Waals surface area contributed by atoms with Crippen LogP contribution in [-0.4, -0.2) is 16.3 Å². The van der Waals surface area contributed by atoms with Gasteiger partial charge in [-0.1, -0.05) is 18.2 Å². The Morgan fingerprint density at radius 3 is 1.90 bits per heavy atom. The van der Waals surface area contributed by atoms with Crippen LogP contribution in [-0.2, 0) is 20.2 Å². The normalized spacial score (nSPS) is 13.3. The lowest BCUT2D eigenvalue weighted by Gasteiger charge is -2.31. The van der Waals surface area contributed by atoms with Crippen molar-refractivity contribution < 1.29 is 23.2 Å². The Labute approximate surface area is 126 Å². The van der Waals surface area contributed by atoms with Gasteiger partial charge in [-0.3, -0.25) is 9.05 Å². The molecule has 1 aromatic rings. The molecule has 1 N–H and O–H groups in total. The first-order chi connectivity index (χ1) is 9.44. The van der Waals surface area contributed by atoms with Crippen molar-refractivity contribution in [2.24, 2.45) is 0 Å². The molecule has 1 aromatic carbocycles. The molecule has 0 bridgehead atoms. The summed E-state index contributed by atoms with van der Waals surface area (Å²) in [4.78, 5) is 0. The second kappa shape index (κ2) is 6.49. The van der Waals surface area contributed by atoms with Gasteiger partial charge in [0.2, 0.25) is 0 Å². The Morgan fingerprint density at radius 2 is 1.48 bits per heavy atom. The number of aliphatic hydroxyl groups is 1. The Balaban J connectivity index is 3.10. The molecule has 6 heteroatoms. The van der Waals surface area contributed by atoms with E-state index in [4.69, 9.17) is 13.6 Å². The molecule has 0 saturated heterocycles. The van der Waals surface area contributed by atoms with Crippen LogP contribution in [0.15, 0.2) is 24.3 Å². The highest BCUT2D eigenvalue weighted by atomic mass is 31.2. The van der Waals surface area contributed by atoms with E-state index in [1.807, 2.05) is 0 Å². The van der Waals surface area contributed by atoms with E-state index in [1.54, 1.807) is 65.8 Å². The van der Waals surface area contributed by atoms with Gasteiger partial charge in [0.05, 0.1) is 17.8 Å². The monoisotopic (exact) mass is 316 g/mol. The fourth-order valence-corrected chi connectivity index (χ4v) is 3.44. The van der Waals surface area contributed by atoms with E-state index in [2.05, 4.69) is 0 Å². The predicted octanol–water partition coefficient (Wildman–Crippen LogP) is 4.30. The summed E-state index contributed by atoms with van der Waals surface area (Å²) in [5, 5.41) is 9.33. The average molecular weight is 316 g/mol. The molecule has 0 aromatic heterocycles. The second-order valence-corrected chi connectivity index (χ2v) is 8.15. The minimum atomic E-state index is -3.84. The van der Waals surface area contributed by atoms with Crippen LogP contribution >= 0.6 is 7.82 Å². The van der Waals surface area contributed by atoms with E-state index >= 15 is 0 Å². The maximum absolute atomic E-state index is 12.9. The fourth-order valence-electron chi connectivity index (χ4n) is 1.57. The predicted molar refractivity (Wildman–Crippen MR) is 82.3 cm³/mol. The van der Waals surface area contributed by atoms with E-state index in [0.717, 1.165) is 0 Å². The van der Waals surface area contributed by atoms with Crippen LogP contribution in [0.4, 0.5) is 0 Å². The summed E-state index contributed by atoms with van der Waals surface area (Å²) in [6.45, 7) is 10.4. The lowest BCUT2D eigenvalue weighted by Crippen LogP contribution is -2.25. The van der Waals surface area contributed by atoms with Crippen LogP contribution in [0, 0.1) is 0 Å². The van der Waals surface area contributed by atoms with Crippen molar-refractivity contribution in [3.8, 4) is 5.75 Å². The molecule has 0 saturated carbocycles. The van der Waals surface area contributed by atoms with Crippen LogP contribution in [0.3, 0.4) is 0 Å². The summed E-state index contributed by atoms with van der Waals surface area (Å²) < 4.78 is 29.5. The van der Waals surface area contributed by atoms with E-state index in [-0.39, 0.29) is 12.4 Å².